The molecule has 0 radical (unpaired) electrons. The second-order valence-corrected chi connectivity index (χ2v) is 5.12. The Morgan fingerprint density at radius 1 is 1.47 bits per heavy atom. The fraction of sp³-hybridized carbons (Fsp3) is 0.462. The Bertz CT molecular complexity index is 501. The zero-order chi connectivity index (χ0) is 13.8. The topological polar surface area (TPSA) is 72.2 Å². The van der Waals surface area contributed by atoms with Crippen molar-refractivity contribution in [3.63, 3.8) is 0 Å². The Kier molecular flexibility index (Phi) is 4.37. The first-order chi connectivity index (χ1) is 9.09. The number of carbonyl (C=O) groups is 1. The quantitative estimate of drug-likeness (QED) is 0.666. The average Bonchev–Trinajstić information content (AvgIpc) is 2.32. The minimum Gasteiger partial charge on any atom is -0.352 e. The number of hydrogen-bond donors (Lipinski definition) is 1. The van der Waals surface area contributed by atoms with Crippen molar-refractivity contribution >= 4 is 23.2 Å². The maximum atomic E-state index is 11.9. The van der Waals surface area contributed by atoms with Crippen LogP contribution in [0.4, 0.5) is 5.69 Å². The highest BCUT2D eigenvalue weighted by atomic mass is 35.5. The van der Waals surface area contributed by atoms with Gasteiger partial charge >= 0.3 is 0 Å². The number of benzene rings is 1. The van der Waals surface area contributed by atoms with Gasteiger partial charge in [0.1, 0.15) is 5.02 Å². The zero-order valence-corrected chi connectivity index (χ0v) is 11.2. The van der Waals surface area contributed by atoms with Crippen LogP contribution >= 0.6 is 11.6 Å². The maximum Gasteiger partial charge on any atom is 0.288 e. The van der Waals surface area contributed by atoms with Crippen LogP contribution in [-0.4, -0.2) is 17.4 Å². The van der Waals surface area contributed by atoms with Crippen LogP contribution in [0.1, 0.15) is 36.0 Å². The number of hydrogen-bond acceptors (Lipinski definition) is 3. The zero-order valence-electron chi connectivity index (χ0n) is 10.4. The minimum atomic E-state index is -0.590. The van der Waals surface area contributed by atoms with Crippen LogP contribution in [0.5, 0.6) is 0 Å². The van der Waals surface area contributed by atoms with Crippen LogP contribution < -0.4 is 5.32 Å². The standard InChI is InChI=1S/C13H15ClN2O3/c14-12-10(5-2-6-11(12)16(18)19)13(17)15-8-7-9-3-1-4-9/h2,5-6,9H,1,3-4,7-8H2,(H,15,17). The molecule has 1 amide bonds. The highest BCUT2D eigenvalue weighted by molar-refractivity contribution is 6.35. The number of carbonyl (C=O) groups excluding carboxylic acids is 1. The lowest BCUT2D eigenvalue weighted by Crippen LogP contribution is -2.27. The van der Waals surface area contributed by atoms with Gasteiger partial charge in [-0.15, -0.1) is 0 Å². The predicted octanol–water partition coefficient (Wildman–Crippen LogP) is 3.17. The Balaban J connectivity index is 1.97. The number of nitro benzene ring substituents is 1. The number of nitro groups is 1. The number of rotatable bonds is 5. The van der Waals surface area contributed by atoms with Gasteiger partial charge in [0.25, 0.3) is 11.6 Å². The van der Waals surface area contributed by atoms with Crippen molar-refractivity contribution in [2.45, 2.75) is 25.7 Å². The van der Waals surface area contributed by atoms with Gasteiger partial charge in [0.15, 0.2) is 0 Å². The normalized spacial score (nSPS) is 14.8. The highest BCUT2D eigenvalue weighted by Crippen LogP contribution is 2.29. The molecule has 102 valence electrons. The van der Waals surface area contributed by atoms with E-state index in [4.69, 9.17) is 11.6 Å². The summed E-state index contributed by atoms with van der Waals surface area (Å²) in [6.07, 6.45) is 4.69. The molecule has 1 aromatic rings. The van der Waals surface area contributed by atoms with E-state index >= 15 is 0 Å². The first-order valence-corrected chi connectivity index (χ1v) is 6.68. The largest absolute Gasteiger partial charge is 0.352 e. The van der Waals surface area contributed by atoms with Gasteiger partial charge in [-0.05, 0) is 18.4 Å². The van der Waals surface area contributed by atoms with Crippen LogP contribution in [0.15, 0.2) is 18.2 Å². The second-order valence-electron chi connectivity index (χ2n) is 4.74. The summed E-state index contributed by atoms with van der Waals surface area (Å²) in [5, 5.41) is 13.4. The van der Waals surface area contributed by atoms with E-state index in [2.05, 4.69) is 5.32 Å². The van der Waals surface area contributed by atoms with Crippen LogP contribution in [0.25, 0.3) is 0 Å². The summed E-state index contributed by atoms with van der Waals surface area (Å²) in [6, 6.07) is 4.24. The monoisotopic (exact) mass is 282 g/mol. The first-order valence-electron chi connectivity index (χ1n) is 6.30. The van der Waals surface area contributed by atoms with Crippen LogP contribution in [-0.2, 0) is 0 Å². The Morgan fingerprint density at radius 3 is 2.79 bits per heavy atom. The summed E-state index contributed by atoms with van der Waals surface area (Å²) >= 11 is 5.88. The molecule has 0 spiro atoms. The summed E-state index contributed by atoms with van der Waals surface area (Å²) in [6.45, 7) is 0.586. The SMILES string of the molecule is O=C(NCCC1CCC1)c1cccc([N+](=O)[O-])c1Cl. The molecule has 0 aliphatic heterocycles. The van der Waals surface area contributed by atoms with Crippen LogP contribution in [0, 0.1) is 16.0 Å². The summed E-state index contributed by atoms with van der Waals surface area (Å²) in [5.41, 5.74) is -0.0854. The molecule has 6 heteroatoms. The maximum absolute atomic E-state index is 11.9. The van der Waals surface area contributed by atoms with E-state index in [9.17, 15) is 14.9 Å². The van der Waals surface area contributed by atoms with Gasteiger partial charge in [-0.2, -0.15) is 0 Å². The van der Waals surface area contributed by atoms with Gasteiger partial charge in [-0.1, -0.05) is 36.9 Å². The highest BCUT2D eigenvalue weighted by Gasteiger charge is 2.21. The average molecular weight is 283 g/mol. The molecule has 1 aliphatic rings. The van der Waals surface area contributed by atoms with E-state index in [1.165, 1.54) is 37.5 Å². The third kappa shape index (κ3) is 3.23. The molecule has 1 saturated carbocycles. The molecule has 1 N–H and O–H groups in total. The molecule has 0 saturated heterocycles. The molecular formula is C13H15ClN2O3. The molecule has 0 bridgehead atoms. The van der Waals surface area contributed by atoms with E-state index < -0.39 is 4.92 Å². The van der Waals surface area contributed by atoms with Gasteiger partial charge in [0.2, 0.25) is 0 Å². The fourth-order valence-electron chi connectivity index (χ4n) is 2.10. The molecule has 5 nitrogen and oxygen atoms in total. The second kappa shape index (κ2) is 6.02. The lowest BCUT2D eigenvalue weighted by molar-refractivity contribution is -0.384. The molecule has 19 heavy (non-hydrogen) atoms. The predicted molar refractivity (Wildman–Crippen MR) is 72.4 cm³/mol. The van der Waals surface area contributed by atoms with E-state index in [-0.39, 0.29) is 22.2 Å². The number of nitrogens with zero attached hydrogens (tertiary/aromatic N) is 1. The van der Waals surface area contributed by atoms with E-state index in [1.807, 2.05) is 0 Å². The smallest absolute Gasteiger partial charge is 0.288 e. The molecule has 2 rings (SSSR count). The van der Waals surface area contributed by atoms with Crippen molar-refractivity contribution in [1.82, 2.24) is 5.32 Å². The summed E-state index contributed by atoms with van der Waals surface area (Å²) in [4.78, 5) is 22.1. The van der Waals surface area contributed by atoms with Crippen molar-refractivity contribution in [3.8, 4) is 0 Å². The molecule has 1 fully saturated rings. The Hall–Kier alpha value is -1.62. The summed E-state index contributed by atoms with van der Waals surface area (Å²) < 4.78 is 0. The van der Waals surface area contributed by atoms with Crippen LogP contribution in [0.2, 0.25) is 5.02 Å². The Labute approximate surface area is 116 Å². The van der Waals surface area contributed by atoms with Crippen LogP contribution in [0.3, 0.4) is 0 Å². The molecule has 0 aromatic heterocycles. The minimum absolute atomic E-state index is 0.103. The van der Waals surface area contributed by atoms with Crippen molar-refractivity contribution in [2.24, 2.45) is 5.92 Å². The lowest BCUT2D eigenvalue weighted by atomic mass is 9.83. The number of amides is 1. The third-order valence-electron chi connectivity index (χ3n) is 3.48. The molecule has 1 aliphatic carbocycles. The van der Waals surface area contributed by atoms with Gasteiger partial charge in [0.05, 0.1) is 10.5 Å². The first kappa shape index (κ1) is 13.8. The van der Waals surface area contributed by atoms with Crippen molar-refractivity contribution in [1.29, 1.82) is 0 Å². The van der Waals surface area contributed by atoms with Gasteiger partial charge in [0, 0.05) is 12.6 Å². The van der Waals surface area contributed by atoms with Gasteiger partial charge in [-0.3, -0.25) is 14.9 Å². The van der Waals surface area contributed by atoms with E-state index in [1.54, 1.807) is 0 Å². The number of nitrogens with one attached hydrogen (secondary N) is 1. The molecule has 0 heterocycles. The molecular weight excluding hydrogens is 268 g/mol. The summed E-state index contributed by atoms with van der Waals surface area (Å²) in [7, 11) is 0. The Morgan fingerprint density at radius 2 is 2.21 bits per heavy atom. The fourth-order valence-corrected chi connectivity index (χ4v) is 2.38. The van der Waals surface area contributed by atoms with E-state index in [0.717, 1.165) is 6.42 Å². The van der Waals surface area contributed by atoms with Crippen molar-refractivity contribution < 1.29 is 9.72 Å². The van der Waals surface area contributed by atoms with Crippen molar-refractivity contribution in [3.05, 3.63) is 38.9 Å². The third-order valence-corrected chi connectivity index (χ3v) is 3.88. The van der Waals surface area contributed by atoms with Gasteiger partial charge < -0.3 is 5.32 Å². The van der Waals surface area contributed by atoms with Gasteiger partial charge in [-0.25, -0.2) is 0 Å². The van der Waals surface area contributed by atoms with Crippen molar-refractivity contribution in [2.75, 3.05) is 6.54 Å². The lowest BCUT2D eigenvalue weighted by Gasteiger charge is -2.25. The molecule has 1 aromatic carbocycles. The summed E-state index contributed by atoms with van der Waals surface area (Å²) in [5.74, 6) is 0.355. The van der Waals surface area contributed by atoms with E-state index in [0.29, 0.717) is 12.5 Å². The number of halogens is 1. The molecule has 0 atom stereocenters. The molecule has 0 unspecified atom stereocenters.